The lowest BCUT2D eigenvalue weighted by Crippen LogP contribution is -2.44. The first-order valence-corrected chi connectivity index (χ1v) is 8.56. The lowest BCUT2D eigenvalue weighted by Gasteiger charge is -2.29. The van der Waals surface area contributed by atoms with E-state index in [9.17, 15) is 18.0 Å². The molecule has 1 aliphatic heterocycles. The number of hydrogen-bond donors (Lipinski definition) is 0. The van der Waals surface area contributed by atoms with Gasteiger partial charge < -0.3 is 9.47 Å². The van der Waals surface area contributed by atoms with Crippen LogP contribution in [0.25, 0.3) is 0 Å². The standard InChI is InChI=1S/C14H18O7S/c1-7(2)13(16)19-6-10(15)20-11-8-4-9-14(3,5-8)12(11)22(17,18)21-9/h8-9,11-12H,1,4-6H2,2-3H3. The maximum absolute atomic E-state index is 12.1. The molecule has 0 aromatic carbocycles. The average Bonchev–Trinajstić information content (AvgIpc) is 2.88. The van der Waals surface area contributed by atoms with Crippen LogP contribution in [0.5, 0.6) is 0 Å². The van der Waals surface area contributed by atoms with Gasteiger partial charge in [0.25, 0.3) is 10.1 Å². The van der Waals surface area contributed by atoms with E-state index in [2.05, 4.69) is 6.58 Å². The zero-order valence-electron chi connectivity index (χ0n) is 12.4. The fourth-order valence-electron chi connectivity index (χ4n) is 3.95. The summed E-state index contributed by atoms with van der Waals surface area (Å²) in [5.41, 5.74) is -0.321. The summed E-state index contributed by atoms with van der Waals surface area (Å²) >= 11 is 0. The molecule has 2 saturated carbocycles. The van der Waals surface area contributed by atoms with E-state index in [0.717, 1.165) is 0 Å². The van der Waals surface area contributed by atoms with Crippen molar-refractivity contribution in [3.05, 3.63) is 12.2 Å². The van der Waals surface area contributed by atoms with Crippen LogP contribution < -0.4 is 0 Å². The number of carbonyl (C=O) groups excluding carboxylic acids is 2. The summed E-state index contributed by atoms with van der Waals surface area (Å²) in [4.78, 5) is 23.1. The van der Waals surface area contributed by atoms with Crippen molar-refractivity contribution in [3.8, 4) is 0 Å². The van der Waals surface area contributed by atoms with Crippen molar-refractivity contribution in [1.82, 2.24) is 0 Å². The highest BCUT2D eigenvalue weighted by Gasteiger charge is 2.72. The monoisotopic (exact) mass is 330 g/mol. The molecule has 122 valence electrons. The number of esters is 2. The lowest BCUT2D eigenvalue weighted by molar-refractivity contribution is -0.162. The highest BCUT2D eigenvalue weighted by atomic mass is 32.2. The molecule has 8 heteroatoms. The third kappa shape index (κ3) is 2.16. The van der Waals surface area contributed by atoms with E-state index in [-0.39, 0.29) is 17.6 Å². The van der Waals surface area contributed by atoms with E-state index in [1.807, 2.05) is 6.92 Å². The Labute approximate surface area is 128 Å². The van der Waals surface area contributed by atoms with Gasteiger partial charge in [0, 0.05) is 16.9 Å². The Balaban J connectivity index is 1.68. The highest BCUT2D eigenvalue weighted by Crippen LogP contribution is 2.63. The van der Waals surface area contributed by atoms with Crippen LogP contribution in [0.3, 0.4) is 0 Å². The van der Waals surface area contributed by atoms with E-state index in [4.69, 9.17) is 13.7 Å². The summed E-state index contributed by atoms with van der Waals surface area (Å²) in [5, 5.41) is -0.829. The summed E-state index contributed by atoms with van der Waals surface area (Å²) < 4.78 is 39.4. The zero-order chi connectivity index (χ0) is 16.3. The summed E-state index contributed by atoms with van der Waals surface area (Å²) in [6.45, 7) is 6.18. The van der Waals surface area contributed by atoms with Crippen molar-refractivity contribution in [2.45, 2.75) is 44.1 Å². The van der Waals surface area contributed by atoms with Crippen LogP contribution >= 0.6 is 0 Å². The number of fused-ring (bicyclic) bond motifs is 1. The third-order valence-electron chi connectivity index (χ3n) is 4.87. The minimum atomic E-state index is -3.73. The molecule has 2 aliphatic carbocycles. The quantitative estimate of drug-likeness (QED) is 0.422. The van der Waals surface area contributed by atoms with Crippen LogP contribution in [0.15, 0.2) is 12.2 Å². The fourth-order valence-corrected chi connectivity index (χ4v) is 6.21. The topological polar surface area (TPSA) is 96.0 Å². The molecule has 1 saturated heterocycles. The summed E-state index contributed by atoms with van der Waals surface area (Å²) in [5.74, 6) is -1.47. The van der Waals surface area contributed by atoms with Gasteiger partial charge in [-0.1, -0.05) is 13.5 Å². The van der Waals surface area contributed by atoms with Crippen molar-refractivity contribution in [3.63, 3.8) is 0 Å². The molecule has 0 radical (unpaired) electrons. The molecule has 3 aliphatic rings. The molecule has 0 N–H and O–H groups in total. The van der Waals surface area contributed by atoms with Gasteiger partial charge in [-0.2, -0.15) is 8.42 Å². The van der Waals surface area contributed by atoms with Gasteiger partial charge in [0.1, 0.15) is 11.4 Å². The second-order valence-electron chi connectivity index (χ2n) is 6.51. The molecule has 22 heavy (non-hydrogen) atoms. The molecule has 3 rings (SSSR count). The second-order valence-corrected chi connectivity index (χ2v) is 8.20. The van der Waals surface area contributed by atoms with Gasteiger partial charge in [-0.25, -0.2) is 9.59 Å². The molecule has 0 aromatic rings. The van der Waals surface area contributed by atoms with Gasteiger partial charge in [-0.15, -0.1) is 0 Å². The van der Waals surface area contributed by atoms with E-state index >= 15 is 0 Å². The van der Waals surface area contributed by atoms with Crippen LogP contribution in [-0.2, 0) is 33.4 Å². The summed E-state index contributed by atoms with van der Waals surface area (Å²) in [6.07, 6.45) is 0.175. The first kappa shape index (κ1) is 15.5. The summed E-state index contributed by atoms with van der Waals surface area (Å²) in [6, 6.07) is 0. The van der Waals surface area contributed by atoms with Gasteiger partial charge in [-0.05, 0) is 19.8 Å². The SMILES string of the molecule is C=C(C)C(=O)OCC(=O)OC1C2CC3OS(=O)(=O)C1C3(C)C2. The first-order valence-electron chi connectivity index (χ1n) is 7.09. The lowest BCUT2D eigenvalue weighted by atomic mass is 9.82. The van der Waals surface area contributed by atoms with E-state index in [1.165, 1.54) is 6.92 Å². The van der Waals surface area contributed by atoms with Crippen LogP contribution in [0.4, 0.5) is 0 Å². The van der Waals surface area contributed by atoms with Crippen molar-refractivity contribution in [1.29, 1.82) is 0 Å². The highest BCUT2D eigenvalue weighted by molar-refractivity contribution is 7.87. The molecule has 2 bridgehead atoms. The molecule has 1 heterocycles. The van der Waals surface area contributed by atoms with Crippen molar-refractivity contribution in [2.75, 3.05) is 6.61 Å². The van der Waals surface area contributed by atoms with Crippen molar-refractivity contribution in [2.24, 2.45) is 11.3 Å². The van der Waals surface area contributed by atoms with E-state index in [1.54, 1.807) is 0 Å². The maximum atomic E-state index is 12.1. The number of carbonyl (C=O) groups is 2. The predicted molar refractivity (Wildman–Crippen MR) is 74.1 cm³/mol. The molecular formula is C14H18O7S. The van der Waals surface area contributed by atoms with Gasteiger partial charge in [0.2, 0.25) is 0 Å². The first-order chi connectivity index (χ1) is 10.1. The Kier molecular flexibility index (Phi) is 3.37. The Bertz CT molecular complexity index is 652. The van der Waals surface area contributed by atoms with E-state index in [0.29, 0.717) is 12.8 Å². The van der Waals surface area contributed by atoms with Crippen molar-refractivity contribution >= 4 is 22.1 Å². The molecule has 0 spiro atoms. The van der Waals surface area contributed by atoms with Gasteiger partial charge in [0.05, 0.1) is 6.10 Å². The van der Waals surface area contributed by atoms with Crippen LogP contribution in [-0.4, -0.2) is 44.4 Å². The largest absolute Gasteiger partial charge is 0.458 e. The van der Waals surface area contributed by atoms with Crippen molar-refractivity contribution < 1.29 is 31.7 Å². The minimum absolute atomic E-state index is 0.0296. The molecule has 7 nitrogen and oxygen atoms in total. The molecule has 0 aromatic heterocycles. The van der Waals surface area contributed by atoms with Gasteiger partial charge in [-0.3, -0.25) is 4.18 Å². The minimum Gasteiger partial charge on any atom is -0.458 e. The molecule has 5 atom stereocenters. The second kappa shape index (κ2) is 4.79. The number of hydrogen-bond acceptors (Lipinski definition) is 7. The van der Waals surface area contributed by atoms with Crippen LogP contribution in [0, 0.1) is 11.3 Å². The van der Waals surface area contributed by atoms with E-state index < -0.39 is 45.4 Å². The Morgan fingerprint density at radius 1 is 1.41 bits per heavy atom. The Morgan fingerprint density at radius 3 is 2.73 bits per heavy atom. The Hall–Kier alpha value is -1.41. The van der Waals surface area contributed by atoms with Crippen LogP contribution in [0.2, 0.25) is 0 Å². The summed E-state index contributed by atoms with van der Waals surface area (Å²) in [7, 11) is -3.73. The average molecular weight is 330 g/mol. The number of ether oxygens (including phenoxy) is 2. The molecule has 5 unspecified atom stereocenters. The molecule has 3 fully saturated rings. The normalized spacial score (nSPS) is 40.5. The third-order valence-corrected chi connectivity index (χ3v) is 6.79. The zero-order valence-corrected chi connectivity index (χ0v) is 13.2. The number of rotatable bonds is 4. The Morgan fingerprint density at radius 2 is 2.09 bits per heavy atom. The van der Waals surface area contributed by atoms with Gasteiger partial charge >= 0.3 is 11.9 Å². The van der Waals surface area contributed by atoms with Crippen LogP contribution in [0.1, 0.15) is 26.7 Å². The predicted octanol–water partition coefficient (Wildman–Crippen LogP) is 0.545. The smallest absolute Gasteiger partial charge is 0.344 e. The fraction of sp³-hybridized carbons (Fsp3) is 0.714. The molecule has 0 amide bonds. The maximum Gasteiger partial charge on any atom is 0.344 e. The van der Waals surface area contributed by atoms with Gasteiger partial charge in [0.15, 0.2) is 6.61 Å². The molecular weight excluding hydrogens is 312 g/mol.